The standard InChI is InChI=1S/C11H15BrO3S2/c1-16-11-9(12)6-8(4-3-5-13)7-10(11)17(2,14)15/h6-7,13H,3-5H2,1-2H3. The number of rotatable bonds is 5. The molecule has 3 nitrogen and oxygen atoms in total. The van der Waals surface area contributed by atoms with Gasteiger partial charge in [0.2, 0.25) is 0 Å². The van der Waals surface area contributed by atoms with Gasteiger partial charge in [0.25, 0.3) is 0 Å². The highest BCUT2D eigenvalue weighted by Crippen LogP contribution is 2.34. The second kappa shape index (κ2) is 6.22. The van der Waals surface area contributed by atoms with Crippen LogP contribution in [0.3, 0.4) is 0 Å². The van der Waals surface area contributed by atoms with E-state index in [2.05, 4.69) is 15.9 Å². The van der Waals surface area contributed by atoms with Crippen molar-refractivity contribution in [1.29, 1.82) is 0 Å². The Hall–Kier alpha value is -0.0400. The Morgan fingerprint density at radius 3 is 2.53 bits per heavy atom. The van der Waals surface area contributed by atoms with Crippen LogP contribution in [-0.2, 0) is 16.3 Å². The number of aryl methyl sites for hydroxylation is 1. The fourth-order valence-corrected chi connectivity index (χ4v) is 4.68. The van der Waals surface area contributed by atoms with Gasteiger partial charge in [0.1, 0.15) is 0 Å². The molecule has 0 saturated heterocycles. The SMILES string of the molecule is CSc1c(Br)cc(CCCO)cc1S(C)(=O)=O. The van der Waals surface area contributed by atoms with Gasteiger partial charge in [-0.1, -0.05) is 0 Å². The van der Waals surface area contributed by atoms with Gasteiger partial charge in [-0.3, -0.25) is 0 Å². The summed E-state index contributed by atoms with van der Waals surface area (Å²) in [6.45, 7) is 0.107. The van der Waals surface area contributed by atoms with Gasteiger partial charge in [-0.2, -0.15) is 0 Å². The average Bonchev–Trinajstić information content (AvgIpc) is 2.24. The van der Waals surface area contributed by atoms with Crippen LogP contribution in [0.1, 0.15) is 12.0 Å². The van der Waals surface area contributed by atoms with Gasteiger partial charge in [0.15, 0.2) is 9.84 Å². The van der Waals surface area contributed by atoms with E-state index >= 15 is 0 Å². The van der Waals surface area contributed by atoms with Gasteiger partial charge in [0.05, 0.1) is 4.90 Å². The van der Waals surface area contributed by atoms with Crippen molar-refractivity contribution in [3.63, 3.8) is 0 Å². The number of halogens is 1. The topological polar surface area (TPSA) is 54.4 Å². The molecule has 1 rings (SSSR count). The largest absolute Gasteiger partial charge is 0.396 e. The summed E-state index contributed by atoms with van der Waals surface area (Å²) in [6.07, 6.45) is 4.37. The van der Waals surface area contributed by atoms with E-state index in [9.17, 15) is 8.42 Å². The summed E-state index contributed by atoms with van der Waals surface area (Å²) in [5, 5.41) is 8.79. The Labute approximate surface area is 115 Å². The minimum absolute atomic E-state index is 0.107. The fraction of sp³-hybridized carbons (Fsp3) is 0.455. The Morgan fingerprint density at radius 1 is 1.41 bits per heavy atom. The average molecular weight is 339 g/mol. The van der Waals surface area contributed by atoms with E-state index < -0.39 is 9.84 Å². The molecule has 0 bridgehead atoms. The molecule has 0 amide bonds. The second-order valence-electron chi connectivity index (χ2n) is 3.71. The molecule has 0 aliphatic carbocycles. The van der Waals surface area contributed by atoms with Gasteiger partial charge < -0.3 is 5.11 Å². The Kier molecular flexibility index (Phi) is 5.50. The van der Waals surface area contributed by atoms with Crippen molar-refractivity contribution < 1.29 is 13.5 Å². The van der Waals surface area contributed by atoms with Crippen LogP contribution in [0.25, 0.3) is 0 Å². The lowest BCUT2D eigenvalue weighted by atomic mass is 10.1. The summed E-state index contributed by atoms with van der Waals surface area (Å²) in [5.41, 5.74) is 0.921. The number of aliphatic hydroxyl groups excluding tert-OH is 1. The Bertz CT molecular complexity index is 498. The second-order valence-corrected chi connectivity index (χ2v) is 7.36. The van der Waals surface area contributed by atoms with Gasteiger partial charge in [0, 0.05) is 22.2 Å². The van der Waals surface area contributed by atoms with Crippen LogP contribution in [0.5, 0.6) is 0 Å². The lowest BCUT2D eigenvalue weighted by molar-refractivity contribution is 0.288. The number of hydrogen-bond acceptors (Lipinski definition) is 4. The summed E-state index contributed by atoms with van der Waals surface area (Å²) in [7, 11) is -3.23. The highest BCUT2D eigenvalue weighted by molar-refractivity contribution is 9.10. The first-order chi connectivity index (χ1) is 7.90. The van der Waals surface area contributed by atoms with E-state index in [4.69, 9.17) is 5.11 Å². The van der Waals surface area contributed by atoms with E-state index in [0.29, 0.717) is 17.7 Å². The van der Waals surface area contributed by atoms with Crippen molar-refractivity contribution in [1.82, 2.24) is 0 Å². The molecule has 0 fully saturated rings. The number of hydrogen-bond donors (Lipinski definition) is 1. The molecular weight excluding hydrogens is 324 g/mol. The summed E-state index contributed by atoms with van der Waals surface area (Å²) < 4.78 is 24.2. The monoisotopic (exact) mass is 338 g/mol. The maximum atomic E-state index is 11.7. The van der Waals surface area contributed by atoms with Gasteiger partial charge in [-0.15, -0.1) is 11.8 Å². The van der Waals surface area contributed by atoms with Crippen LogP contribution in [0.4, 0.5) is 0 Å². The molecule has 0 aliphatic rings. The molecule has 0 saturated carbocycles. The molecule has 0 aliphatic heterocycles. The van der Waals surface area contributed by atoms with Crippen LogP contribution in [-0.4, -0.2) is 32.6 Å². The van der Waals surface area contributed by atoms with Crippen LogP contribution in [0, 0.1) is 0 Å². The molecule has 96 valence electrons. The minimum Gasteiger partial charge on any atom is -0.396 e. The Morgan fingerprint density at radius 2 is 2.06 bits per heavy atom. The third kappa shape index (κ3) is 3.98. The van der Waals surface area contributed by atoms with Gasteiger partial charge in [-0.05, 0) is 52.7 Å². The van der Waals surface area contributed by atoms with Crippen LogP contribution >= 0.6 is 27.7 Å². The van der Waals surface area contributed by atoms with E-state index in [-0.39, 0.29) is 6.61 Å². The first-order valence-electron chi connectivity index (χ1n) is 5.07. The third-order valence-corrected chi connectivity index (χ3v) is 5.28. The maximum Gasteiger partial charge on any atom is 0.176 e. The van der Waals surface area contributed by atoms with Crippen LogP contribution < -0.4 is 0 Å². The minimum atomic E-state index is -3.23. The van der Waals surface area contributed by atoms with E-state index in [1.165, 1.54) is 18.0 Å². The number of thioether (sulfide) groups is 1. The summed E-state index contributed by atoms with van der Waals surface area (Å²) in [6, 6.07) is 3.61. The zero-order valence-electron chi connectivity index (χ0n) is 9.73. The zero-order chi connectivity index (χ0) is 13.1. The van der Waals surface area contributed by atoms with Crippen molar-refractivity contribution >= 4 is 37.5 Å². The number of sulfone groups is 1. The summed E-state index contributed by atoms with van der Waals surface area (Å²) in [5.74, 6) is 0. The van der Waals surface area contributed by atoms with Crippen molar-refractivity contribution in [3.05, 3.63) is 22.2 Å². The molecular formula is C11H15BrO3S2. The van der Waals surface area contributed by atoms with Crippen LogP contribution in [0.2, 0.25) is 0 Å². The van der Waals surface area contributed by atoms with Crippen molar-refractivity contribution in [2.24, 2.45) is 0 Å². The highest BCUT2D eigenvalue weighted by atomic mass is 79.9. The summed E-state index contributed by atoms with van der Waals surface area (Å²) >= 11 is 4.80. The number of aliphatic hydroxyl groups is 1. The smallest absolute Gasteiger partial charge is 0.176 e. The molecule has 0 unspecified atom stereocenters. The van der Waals surface area contributed by atoms with Gasteiger partial charge >= 0.3 is 0 Å². The Balaban J connectivity index is 3.29. The molecule has 1 aromatic carbocycles. The first kappa shape index (κ1) is 15.0. The molecule has 0 radical (unpaired) electrons. The fourth-order valence-electron chi connectivity index (χ4n) is 1.52. The predicted molar refractivity (Wildman–Crippen MR) is 74.4 cm³/mol. The van der Waals surface area contributed by atoms with E-state index in [1.54, 1.807) is 6.07 Å². The van der Waals surface area contributed by atoms with Crippen LogP contribution in [0.15, 0.2) is 26.4 Å². The number of benzene rings is 1. The summed E-state index contributed by atoms with van der Waals surface area (Å²) in [4.78, 5) is 1.09. The lowest BCUT2D eigenvalue weighted by Crippen LogP contribution is -2.02. The molecule has 1 N–H and O–H groups in total. The van der Waals surface area contributed by atoms with Gasteiger partial charge in [-0.25, -0.2) is 8.42 Å². The third-order valence-electron chi connectivity index (χ3n) is 2.30. The maximum absolute atomic E-state index is 11.7. The molecule has 0 atom stereocenters. The lowest BCUT2D eigenvalue weighted by Gasteiger charge is -2.11. The molecule has 1 aromatic rings. The normalized spacial score (nSPS) is 11.8. The van der Waals surface area contributed by atoms with Crippen molar-refractivity contribution in [3.8, 4) is 0 Å². The molecule has 0 heterocycles. The highest BCUT2D eigenvalue weighted by Gasteiger charge is 2.16. The molecule has 0 spiro atoms. The van der Waals surface area contributed by atoms with Crippen molar-refractivity contribution in [2.75, 3.05) is 19.1 Å². The van der Waals surface area contributed by atoms with Crippen molar-refractivity contribution in [2.45, 2.75) is 22.6 Å². The van der Waals surface area contributed by atoms with E-state index in [0.717, 1.165) is 14.9 Å². The van der Waals surface area contributed by atoms with E-state index in [1.807, 2.05) is 12.3 Å². The first-order valence-corrected chi connectivity index (χ1v) is 8.98. The molecule has 6 heteroatoms. The quantitative estimate of drug-likeness (QED) is 0.838. The zero-order valence-corrected chi connectivity index (χ0v) is 13.0. The predicted octanol–water partition coefficient (Wildman–Crippen LogP) is 2.50. The molecule has 17 heavy (non-hydrogen) atoms. The molecule has 0 aromatic heterocycles.